The number of rotatable bonds is 9. The van der Waals surface area contributed by atoms with Crippen molar-refractivity contribution in [1.82, 2.24) is 5.32 Å². The molecule has 0 aromatic heterocycles. The normalized spacial score (nSPS) is 14.0. The Morgan fingerprint density at radius 1 is 1.13 bits per heavy atom. The number of amidine groups is 1. The smallest absolute Gasteiger partial charge is 0.272 e. The SMILES string of the molecule is O=C(Cc1ccccc1)N/C(=N/OCC1CC1)c1c(OCC(F)F)ccc(F)c1F. The third-order valence-electron chi connectivity index (χ3n) is 4.29. The third kappa shape index (κ3) is 6.20. The molecular weight excluding hydrogens is 404 g/mol. The summed E-state index contributed by atoms with van der Waals surface area (Å²) in [6.45, 7) is -0.797. The molecule has 1 saturated carbocycles. The molecule has 1 amide bonds. The van der Waals surface area contributed by atoms with Crippen molar-refractivity contribution in [2.24, 2.45) is 11.1 Å². The number of oxime groups is 1. The lowest BCUT2D eigenvalue weighted by Gasteiger charge is -2.15. The molecule has 1 N–H and O–H groups in total. The van der Waals surface area contributed by atoms with Gasteiger partial charge in [0.25, 0.3) is 6.43 Å². The van der Waals surface area contributed by atoms with Crippen LogP contribution < -0.4 is 10.1 Å². The van der Waals surface area contributed by atoms with Crippen molar-refractivity contribution < 1.29 is 31.9 Å². The largest absolute Gasteiger partial charge is 0.487 e. The maximum Gasteiger partial charge on any atom is 0.272 e. The average molecular weight is 424 g/mol. The van der Waals surface area contributed by atoms with Gasteiger partial charge < -0.3 is 14.9 Å². The minimum atomic E-state index is -2.83. The van der Waals surface area contributed by atoms with E-state index in [0.29, 0.717) is 11.5 Å². The summed E-state index contributed by atoms with van der Waals surface area (Å²) in [4.78, 5) is 17.6. The van der Waals surface area contributed by atoms with E-state index in [0.717, 1.165) is 25.0 Å². The van der Waals surface area contributed by atoms with E-state index in [1.807, 2.05) is 0 Å². The van der Waals surface area contributed by atoms with Gasteiger partial charge in [0.05, 0.1) is 6.42 Å². The lowest BCUT2D eigenvalue weighted by molar-refractivity contribution is -0.119. The number of nitrogens with one attached hydrogen (secondary N) is 1. The van der Waals surface area contributed by atoms with Crippen LogP contribution in [0.25, 0.3) is 0 Å². The Labute approximate surface area is 170 Å². The first kappa shape index (κ1) is 21.6. The van der Waals surface area contributed by atoms with Crippen LogP contribution in [-0.4, -0.2) is 31.4 Å². The van der Waals surface area contributed by atoms with Crippen molar-refractivity contribution in [2.75, 3.05) is 13.2 Å². The summed E-state index contributed by atoms with van der Waals surface area (Å²) in [5.41, 5.74) is 0.0926. The minimum Gasteiger partial charge on any atom is -0.487 e. The van der Waals surface area contributed by atoms with Gasteiger partial charge in [0.15, 0.2) is 17.5 Å². The fourth-order valence-electron chi connectivity index (χ4n) is 2.61. The van der Waals surface area contributed by atoms with Crippen molar-refractivity contribution in [1.29, 1.82) is 0 Å². The Morgan fingerprint density at radius 3 is 2.53 bits per heavy atom. The van der Waals surface area contributed by atoms with Crippen LogP contribution in [0, 0.1) is 17.6 Å². The van der Waals surface area contributed by atoms with Crippen molar-refractivity contribution in [3.63, 3.8) is 0 Å². The summed E-state index contributed by atoms with van der Waals surface area (Å²) < 4.78 is 58.5. The highest BCUT2D eigenvalue weighted by molar-refractivity contribution is 6.09. The fraction of sp³-hybridized carbons (Fsp3) is 0.333. The number of hydrogen-bond acceptors (Lipinski definition) is 4. The van der Waals surface area contributed by atoms with Gasteiger partial charge in [0, 0.05) is 0 Å². The summed E-state index contributed by atoms with van der Waals surface area (Å²) in [6, 6.07) is 10.5. The summed E-state index contributed by atoms with van der Waals surface area (Å²) >= 11 is 0. The van der Waals surface area contributed by atoms with Crippen LogP contribution in [0.1, 0.15) is 24.0 Å². The quantitative estimate of drug-likeness (QED) is 0.286. The number of ether oxygens (including phenoxy) is 1. The second-order valence-corrected chi connectivity index (χ2v) is 6.83. The average Bonchev–Trinajstić information content (AvgIpc) is 3.53. The van der Waals surface area contributed by atoms with Gasteiger partial charge in [-0.3, -0.25) is 4.79 Å². The summed E-state index contributed by atoms with van der Waals surface area (Å²) in [6.07, 6.45) is -0.970. The van der Waals surface area contributed by atoms with Crippen LogP contribution in [0.4, 0.5) is 17.6 Å². The minimum absolute atomic E-state index is 0.0629. The maximum absolute atomic E-state index is 14.6. The van der Waals surface area contributed by atoms with E-state index in [1.165, 1.54) is 0 Å². The summed E-state index contributed by atoms with van der Waals surface area (Å²) in [5, 5.41) is 6.14. The van der Waals surface area contributed by atoms with Crippen LogP contribution in [0.5, 0.6) is 5.75 Å². The van der Waals surface area contributed by atoms with E-state index in [4.69, 9.17) is 9.57 Å². The molecule has 3 rings (SSSR count). The molecule has 5 nitrogen and oxygen atoms in total. The lowest BCUT2D eigenvalue weighted by atomic mass is 10.1. The summed E-state index contributed by atoms with van der Waals surface area (Å²) in [7, 11) is 0. The van der Waals surface area contributed by atoms with Crippen molar-refractivity contribution in [3.05, 3.63) is 65.2 Å². The molecule has 0 atom stereocenters. The van der Waals surface area contributed by atoms with Gasteiger partial charge in [-0.2, -0.15) is 0 Å². The molecule has 2 aromatic rings. The van der Waals surface area contributed by atoms with Crippen LogP contribution in [0.2, 0.25) is 0 Å². The van der Waals surface area contributed by atoms with Crippen molar-refractivity contribution in [3.8, 4) is 5.75 Å². The number of benzene rings is 2. The van der Waals surface area contributed by atoms with E-state index in [1.54, 1.807) is 30.3 Å². The molecule has 1 aliphatic carbocycles. The molecule has 0 heterocycles. The molecule has 0 bridgehead atoms. The van der Waals surface area contributed by atoms with Crippen molar-refractivity contribution in [2.45, 2.75) is 25.7 Å². The van der Waals surface area contributed by atoms with E-state index >= 15 is 0 Å². The van der Waals surface area contributed by atoms with Gasteiger partial charge in [0.2, 0.25) is 5.91 Å². The highest BCUT2D eigenvalue weighted by atomic mass is 19.3. The highest BCUT2D eigenvalue weighted by Crippen LogP contribution is 2.29. The number of carbonyl (C=O) groups is 1. The molecule has 0 saturated heterocycles. The Balaban J connectivity index is 1.87. The van der Waals surface area contributed by atoms with Crippen LogP contribution in [0.15, 0.2) is 47.6 Å². The van der Waals surface area contributed by atoms with Crippen molar-refractivity contribution >= 4 is 11.7 Å². The van der Waals surface area contributed by atoms with E-state index in [2.05, 4.69) is 10.5 Å². The fourth-order valence-corrected chi connectivity index (χ4v) is 2.61. The van der Waals surface area contributed by atoms with Crippen LogP contribution >= 0.6 is 0 Å². The Morgan fingerprint density at radius 2 is 1.87 bits per heavy atom. The zero-order valence-corrected chi connectivity index (χ0v) is 15.9. The number of nitrogens with zero attached hydrogens (tertiary/aromatic N) is 1. The molecule has 0 unspecified atom stereocenters. The molecule has 0 spiro atoms. The zero-order valence-electron chi connectivity index (χ0n) is 15.9. The molecule has 160 valence electrons. The molecule has 9 heteroatoms. The lowest BCUT2D eigenvalue weighted by Crippen LogP contribution is -2.34. The van der Waals surface area contributed by atoms with E-state index < -0.39 is 42.0 Å². The number of halogens is 4. The maximum atomic E-state index is 14.6. The molecule has 1 aliphatic rings. The predicted octanol–water partition coefficient (Wildman–Crippen LogP) is 4.06. The number of amides is 1. The Kier molecular flexibility index (Phi) is 7.26. The van der Waals surface area contributed by atoms with Crippen LogP contribution in [-0.2, 0) is 16.1 Å². The number of hydrogen-bond donors (Lipinski definition) is 1. The first-order valence-corrected chi connectivity index (χ1v) is 9.37. The van der Waals surface area contributed by atoms with E-state index in [-0.39, 0.29) is 18.8 Å². The molecule has 1 fully saturated rings. The number of alkyl halides is 2. The van der Waals surface area contributed by atoms with Gasteiger partial charge >= 0.3 is 0 Å². The monoisotopic (exact) mass is 424 g/mol. The second-order valence-electron chi connectivity index (χ2n) is 6.83. The standard InChI is InChI=1S/C21H20F4N2O3/c22-15-8-9-16(29-12-17(23)24)19(20(15)25)21(27-30-11-14-6-7-14)26-18(28)10-13-4-2-1-3-5-13/h1-5,8-9,14,17H,6-7,10-12H2,(H,26,27,28). The van der Waals surface area contributed by atoms with Gasteiger partial charge in [-0.05, 0) is 36.5 Å². The van der Waals surface area contributed by atoms with Gasteiger partial charge in [-0.25, -0.2) is 17.6 Å². The van der Waals surface area contributed by atoms with Crippen LogP contribution in [0.3, 0.4) is 0 Å². The highest BCUT2D eigenvalue weighted by Gasteiger charge is 2.25. The predicted molar refractivity (Wildman–Crippen MR) is 101 cm³/mol. The van der Waals surface area contributed by atoms with Gasteiger partial charge in [-0.15, -0.1) is 0 Å². The first-order valence-electron chi connectivity index (χ1n) is 9.37. The Bertz CT molecular complexity index is 903. The zero-order chi connectivity index (χ0) is 21.5. The molecule has 0 aliphatic heterocycles. The topological polar surface area (TPSA) is 59.9 Å². The van der Waals surface area contributed by atoms with E-state index in [9.17, 15) is 22.4 Å². The molecular formula is C21H20F4N2O3. The number of carbonyl (C=O) groups excluding carboxylic acids is 1. The third-order valence-corrected chi connectivity index (χ3v) is 4.29. The van der Waals surface area contributed by atoms with Gasteiger partial charge in [-0.1, -0.05) is 35.5 Å². The second kappa shape index (κ2) is 10.1. The molecule has 2 aromatic carbocycles. The van der Waals surface area contributed by atoms with Gasteiger partial charge in [0.1, 0.15) is 24.5 Å². The Hall–Kier alpha value is -3.10. The summed E-state index contributed by atoms with van der Waals surface area (Å²) in [5.74, 6) is -3.74. The molecule has 30 heavy (non-hydrogen) atoms. The first-order chi connectivity index (χ1) is 14.4. The molecule has 0 radical (unpaired) electrons.